The second-order valence-corrected chi connectivity index (χ2v) is 18.2. The van der Waals surface area contributed by atoms with Crippen LogP contribution in [0.5, 0.6) is 0 Å². The lowest BCUT2D eigenvalue weighted by atomic mass is 9.45. The summed E-state index contributed by atoms with van der Waals surface area (Å²) in [5, 5.41) is 10.6. The largest absolute Gasteiger partial charge is 0.481 e. The van der Waals surface area contributed by atoms with Gasteiger partial charge in [-0.2, -0.15) is 0 Å². The molecule has 0 aromatic heterocycles. The van der Waals surface area contributed by atoms with E-state index in [2.05, 4.69) is 123 Å². The molecule has 0 bridgehead atoms. The minimum absolute atomic E-state index is 0.178. The molecule has 0 saturated heterocycles. The summed E-state index contributed by atoms with van der Waals surface area (Å²) in [4.78, 5) is 29.6. The van der Waals surface area contributed by atoms with Crippen LogP contribution in [-0.2, 0) is 23.8 Å². The molecule has 0 rings (SSSR count). The van der Waals surface area contributed by atoms with Crippen molar-refractivity contribution in [1.82, 2.24) is 4.90 Å². The molecule has 46 heavy (non-hydrogen) atoms. The molecule has 0 saturated carbocycles. The molecule has 0 fully saturated rings. The van der Waals surface area contributed by atoms with Crippen molar-refractivity contribution >= 4 is 11.9 Å². The summed E-state index contributed by atoms with van der Waals surface area (Å²) < 4.78 is 18.1. The van der Waals surface area contributed by atoms with Crippen LogP contribution < -0.4 is 0 Å². The van der Waals surface area contributed by atoms with E-state index in [9.17, 15) is 14.7 Å². The van der Waals surface area contributed by atoms with E-state index in [4.69, 9.17) is 14.2 Å². The Morgan fingerprint density at radius 2 is 1.30 bits per heavy atom. The predicted octanol–water partition coefficient (Wildman–Crippen LogP) is 9.49. The fraction of sp³-hybridized carbons (Fsp3) is 0.897. The molecule has 7 heteroatoms. The third-order valence-electron chi connectivity index (χ3n) is 13.2. The van der Waals surface area contributed by atoms with Crippen molar-refractivity contribution in [3.8, 4) is 0 Å². The van der Waals surface area contributed by atoms with E-state index < -0.39 is 50.8 Å². The number of nitrogens with zero attached hydrogens (tertiary/aromatic N) is 1. The molecule has 272 valence electrons. The van der Waals surface area contributed by atoms with Crippen LogP contribution in [0.1, 0.15) is 136 Å². The summed E-state index contributed by atoms with van der Waals surface area (Å²) in [5.41, 5.74) is -4.32. The van der Waals surface area contributed by atoms with Gasteiger partial charge in [0.2, 0.25) is 0 Å². The summed E-state index contributed by atoms with van der Waals surface area (Å²) in [6.45, 7) is 36.6. The van der Waals surface area contributed by atoms with Gasteiger partial charge in [0.15, 0.2) is 6.29 Å². The van der Waals surface area contributed by atoms with Gasteiger partial charge in [-0.05, 0) is 80.7 Å². The molecule has 0 aliphatic carbocycles. The van der Waals surface area contributed by atoms with Crippen LogP contribution >= 0.6 is 0 Å². The molecule has 0 radical (unpaired) electrons. The molecule has 0 aromatic carbocycles. The third-order valence-corrected chi connectivity index (χ3v) is 13.2. The lowest BCUT2D eigenvalue weighted by molar-refractivity contribution is -0.237. The number of ether oxygens (including phenoxy) is 3. The molecule has 0 aliphatic rings. The molecule has 7 atom stereocenters. The number of aliphatic carboxylic acids is 1. The van der Waals surface area contributed by atoms with Crippen molar-refractivity contribution in [2.75, 3.05) is 34.9 Å². The van der Waals surface area contributed by atoms with Gasteiger partial charge in [-0.1, -0.05) is 103 Å². The summed E-state index contributed by atoms with van der Waals surface area (Å²) in [5.74, 6) is -1.68. The van der Waals surface area contributed by atoms with E-state index in [0.717, 1.165) is 6.42 Å². The second-order valence-electron chi connectivity index (χ2n) is 18.2. The fourth-order valence-corrected chi connectivity index (χ4v) is 8.46. The van der Waals surface area contributed by atoms with Gasteiger partial charge in [0, 0.05) is 18.1 Å². The average Bonchev–Trinajstić information content (AvgIpc) is 2.93. The molecule has 7 nitrogen and oxygen atoms in total. The Labute approximate surface area is 284 Å². The number of hydrogen-bond donors (Lipinski definition) is 1. The highest BCUT2D eigenvalue weighted by molar-refractivity contribution is 5.79. The summed E-state index contributed by atoms with van der Waals surface area (Å²) in [6, 6.07) is 0. The van der Waals surface area contributed by atoms with Crippen LogP contribution in [0.15, 0.2) is 12.7 Å². The van der Waals surface area contributed by atoms with Crippen molar-refractivity contribution < 1.29 is 28.9 Å². The van der Waals surface area contributed by atoms with Crippen molar-refractivity contribution in [3.63, 3.8) is 0 Å². The highest BCUT2D eigenvalue weighted by Gasteiger charge is 2.66. The van der Waals surface area contributed by atoms with Gasteiger partial charge < -0.3 is 24.2 Å². The van der Waals surface area contributed by atoms with Gasteiger partial charge in [-0.15, -0.1) is 6.58 Å². The highest BCUT2D eigenvalue weighted by Crippen LogP contribution is 2.64. The van der Waals surface area contributed by atoms with E-state index in [0.29, 0.717) is 32.3 Å². The number of carboxylic acids is 1. The molecule has 0 spiro atoms. The van der Waals surface area contributed by atoms with E-state index in [1.165, 1.54) is 7.11 Å². The maximum atomic E-state index is 14.5. The summed E-state index contributed by atoms with van der Waals surface area (Å²) in [7, 11) is 7.27. The van der Waals surface area contributed by atoms with E-state index in [-0.39, 0.29) is 16.8 Å². The molecular weight excluding hydrogens is 578 g/mol. The normalized spacial score (nSPS) is 21.1. The van der Waals surface area contributed by atoms with Crippen LogP contribution in [0.2, 0.25) is 0 Å². The maximum Gasteiger partial charge on any atom is 0.313 e. The first-order valence-corrected chi connectivity index (χ1v) is 17.3. The standard InChI is InChI=1S/C39H75NO6/c1-21-24-46-31(45-20)38(15,33(7,8)9)27-36(13,23-3)39(16,40(17)18)37(14,30(43)44-19)26-35(12,22-2)34(10,11)28(29(41)42)25-32(4,5)6/h21,28,31H,1,22-27H2,2-20H3,(H,41,42). The Balaban J connectivity index is 7.81. The van der Waals surface area contributed by atoms with Crippen molar-refractivity contribution in [3.05, 3.63) is 12.7 Å². The Morgan fingerprint density at radius 3 is 1.61 bits per heavy atom. The molecule has 0 aromatic rings. The van der Waals surface area contributed by atoms with Crippen molar-refractivity contribution in [2.45, 2.75) is 148 Å². The first-order valence-electron chi connectivity index (χ1n) is 17.3. The van der Waals surface area contributed by atoms with Crippen LogP contribution in [-0.4, -0.2) is 68.7 Å². The highest BCUT2D eigenvalue weighted by atomic mass is 16.7. The number of hydrogen-bond acceptors (Lipinski definition) is 6. The van der Waals surface area contributed by atoms with Crippen LogP contribution in [0, 0.1) is 43.8 Å². The number of carboxylic acid groups (broad SMARTS) is 1. The third kappa shape index (κ3) is 8.40. The number of esters is 1. The Bertz CT molecular complexity index is 1020. The molecular formula is C39H75NO6. The lowest BCUT2D eigenvalue weighted by Crippen LogP contribution is -2.69. The van der Waals surface area contributed by atoms with Crippen LogP contribution in [0.25, 0.3) is 0 Å². The smallest absolute Gasteiger partial charge is 0.313 e. The first kappa shape index (κ1) is 44.6. The Morgan fingerprint density at radius 1 is 0.826 bits per heavy atom. The monoisotopic (exact) mass is 654 g/mol. The molecule has 0 amide bonds. The zero-order chi connectivity index (χ0) is 37.0. The van der Waals surface area contributed by atoms with Crippen LogP contribution in [0.3, 0.4) is 0 Å². The second kappa shape index (κ2) is 15.4. The number of carbonyl (C=O) groups excluding carboxylic acids is 1. The summed E-state index contributed by atoms with van der Waals surface area (Å²) >= 11 is 0. The van der Waals surface area contributed by atoms with Crippen molar-refractivity contribution in [2.24, 2.45) is 43.8 Å². The fourth-order valence-electron chi connectivity index (χ4n) is 8.46. The van der Waals surface area contributed by atoms with Gasteiger partial charge >= 0.3 is 11.9 Å². The predicted molar refractivity (Wildman–Crippen MR) is 192 cm³/mol. The van der Waals surface area contributed by atoms with Gasteiger partial charge in [-0.25, -0.2) is 0 Å². The molecule has 7 unspecified atom stereocenters. The van der Waals surface area contributed by atoms with E-state index >= 15 is 0 Å². The first-order chi connectivity index (χ1) is 20.5. The zero-order valence-electron chi connectivity index (χ0n) is 33.6. The van der Waals surface area contributed by atoms with Gasteiger partial charge in [-0.3, -0.25) is 9.59 Å². The topological polar surface area (TPSA) is 85.3 Å². The molecule has 1 N–H and O–H groups in total. The SMILES string of the molecule is C=CCOC(OC)C(C)(CC(C)(CC)C(C)(N(C)C)C(C)(CC(C)(CC)C(C)(C)C(CC(C)(C)C)C(=O)O)C(=O)OC)C(C)(C)C. The molecule has 0 heterocycles. The Kier molecular flexibility index (Phi) is 14.9. The van der Waals surface area contributed by atoms with Crippen LogP contribution in [0.4, 0.5) is 0 Å². The number of rotatable bonds is 19. The van der Waals surface area contributed by atoms with Crippen molar-refractivity contribution in [1.29, 1.82) is 0 Å². The molecule has 0 aliphatic heterocycles. The Hall–Kier alpha value is -1.44. The number of methoxy groups -OCH3 is 2. The minimum Gasteiger partial charge on any atom is -0.481 e. The van der Waals surface area contributed by atoms with Gasteiger partial charge in [0.05, 0.1) is 25.0 Å². The quantitative estimate of drug-likeness (QED) is 0.0844. The summed E-state index contributed by atoms with van der Waals surface area (Å²) in [6.07, 6.45) is 4.36. The minimum atomic E-state index is -1.04. The maximum absolute atomic E-state index is 14.5. The zero-order valence-corrected chi connectivity index (χ0v) is 33.6. The van der Waals surface area contributed by atoms with E-state index in [1.54, 1.807) is 13.2 Å². The lowest BCUT2D eigenvalue weighted by Gasteiger charge is -2.64. The van der Waals surface area contributed by atoms with E-state index in [1.807, 2.05) is 6.92 Å². The van der Waals surface area contributed by atoms with Gasteiger partial charge in [0.25, 0.3) is 0 Å². The number of carbonyl (C=O) groups is 2. The van der Waals surface area contributed by atoms with Gasteiger partial charge in [0.1, 0.15) is 0 Å². The average molecular weight is 654 g/mol.